The molecule has 3 heteroatoms. The maximum atomic E-state index is 3.49. The van der Waals surface area contributed by atoms with Crippen molar-refractivity contribution in [1.82, 2.24) is 15.3 Å². The maximum absolute atomic E-state index is 3.49. The molecule has 0 aromatic rings. The summed E-state index contributed by atoms with van der Waals surface area (Å²) in [5, 5.41) is 2.08. The van der Waals surface area contributed by atoms with E-state index in [0.29, 0.717) is 6.04 Å². The third-order valence-corrected chi connectivity index (χ3v) is 2.80. The van der Waals surface area contributed by atoms with Crippen molar-refractivity contribution in [3.8, 4) is 0 Å². The van der Waals surface area contributed by atoms with Crippen LogP contribution in [0.3, 0.4) is 0 Å². The molecule has 1 aliphatic heterocycles. The van der Waals surface area contributed by atoms with Crippen LogP contribution in [0, 0.1) is 0 Å². The summed E-state index contributed by atoms with van der Waals surface area (Å²) >= 11 is 0. The van der Waals surface area contributed by atoms with Gasteiger partial charge in [-0.25, -0.2) is 0 Å². The van der Waals surface area contributed by atoms with Gasteiger partial charge in [-0.1, -0.05) is 6.92 Å². The van der Waals surface area contributed by atoms with Crippen LogP contribution in [0.25, 0.3) is 0 Å². The largest absolute Gasteiger partial charge is 0.303 e. The van der Waals surface area contributed by atoms with Crippen LogP contribution in [0.2, 0.25) is 0 Å². The Morgan fingerprint density at radius 3 is 2.71 bits per heavy atom. The number of nitrogens with zero attached hydrogens (tertiary/aromatic N) is 2. The van der Waals surface area contributed by atoms with Gasteiger partial charge in [-0.15, -0.1) is 0 Å². The molecule has 3 nitrogen and oxygen atoms in total. The SMILES string of the molecule is CCCN1CCCC(NN(C)C)CC1. The van der Waals surface area contributed by atoms with Crippen LogP contribution >= 0.6 is 0 Å². The molecule has 0 radical (unpaired) electrons. The predicted octanol–water partition coefficient (Wildman–Crippen LogP) is 1.32. The fourth-order valence-electron chi connectivity index (χ4n) is 2.19. The summed E-state index contributed by atoms with van der Waals surface area (Å²) in [7, 11) is 4.16. The highest BCUT2D eigenvalue weighted by atomic mass is 15.5. The van der Waals surface area contributed by atoms with Gasteiger partial charge in [-0.05, 0) is 45.3 Å². The Morgan fingerprint density at radius 2 is 2.07 bits per heavy atom. The van der Waals surface area contributed by atoms with Crippen molar-refractivity contribution < 1.29 is 0 Å². The molecule has 1 fully saturated rings. The van der Waals surface area contributed by atoms with Crippen molar-refractivity contribution in [2.24, 2.45) is 0 Å². The predicted molar refractivity (Wildman–Crippen MR) is 61.2 cm³/mol. The third kappa shape index (κ3) is 4.40. The Morgan fingerprint density at radius 1 is 1.29 bits per heavy atom. The Balaban J connectivity index is 2.25. The Bertz CT molecular complexity index is 147. The van der Waals surface area contributed by atoms with Gasteiger partial charge in [0.1, 0.15) is 0 Å². The van der Waals surface area contributed by atoms with E-state index in [9.17, 15) is 0 Å². The molecule has 1 atom stereocenters. The summed E-state index contributed by atoms with van der Waals surface area (Å²) in [4.78, 5) is 2.59. The lowest BCUT2D eigenvalue weighted by atomic mass is 10.1. The minimum Gasteiger partial charge on any atom is -0.303 e. The molecule has 0 saturated carbocycles. The van der Waals surface area contributed by atoms with Crippen LogP contribution in [0.1, 0.15) is 32.6 Å². The molecule has 0 bridgehead atoms. The van der Waals surface area contributed by atoms with E-state index in [-0.39, 0.29) is 0 Å². The Hall–Kier alpha value is -0.120. The molecule has 1 rings (SSSR count). The van der Waals surface area contributed by atoms with E-state index in [0.717, 1.165) is 0 Å². The van der Waals surface area contributed by atoms with E-state index >= 15 is 0 Å². The molecule has 1 unspecified atom stereocenters. The maximum Gasteiger partial charge on any atom is 0.0227 e. The molecule has 1 aliphatic rings. The molecule has 0 aromatic carbocycles. The number of likely N-dealkylation sites (tertiary alicyclic amines) is 1. The van der Waals surface area contributed by atoms with Crippen LogP contribution < -0.4 is 5.43 Å². The molecular weight excluding hydrogens is 174 g/mol. The molecule has 14 heavy (non-hydrogen) atoms. The van der Waals surface area contributed by atoms with Gasteiger partial charge in [0.25, 0.3) is 0 Å². The fourth-order valence-corrected chi connectivity index (χ4v) is 2.19. The standard InChI is InChI=1S/C11H25N3/c1-4-8-14-9-5-6-11(7-10-14)12-13(2)3/h11-12H,4-10H2,1-3H3. The molecule has 1 heterocycles. The third-order valence-electron chi connectivity index (χ3n) is 2.80. The summed E-state index contributed by atoms with van der Waals surface area (Å²) in [5.41, 5.74) is 3.49. The van der Waals surface area contributed by atoms with Crippen LogP contribution in [0.4, 0.5) is 0 Å². The quantitative estimate of drug-likeness (QED) is 0.689. The van der Waals surface area contributed by atoms with Gasteiger partial charge in [0.2, 0.25) is 0 Å². The number of hydrazine groups is 1. The van der Waals surface area contributed by atoms with Crippen molar-refractivity contribution >= 4 is 0 Å². The van der Waals surface area contributed by atoms with Gasteiger partial charge < -0.3 is 4.90 Å². The Labute approximate surface area is 88.4 Å². The Kier molecular flexibility index (Phi) is 5.45. The first-order chi connectivity index (χ1) is 6.72. The van der Waals surface area contributed by atoms with Crippen molar-refractivity contribution in [3.05, 3.63) is 0 Å². The van der Waals surface area contributed by atoms with E-state index in [1.807, 2.05) is 0 Å². The van der Waals surface area contributed by atoms with Gasteiger partial charge in [0, 0.05) is 20.1 Å². The normalized spacial score (nSPS) is 25.3. The lowest BCUT2D eigenvalue weighted by Crippen LogP contribution is -2.40. The second-order valence-corrected chi connectivity index (χ2v) is 4.49. The molecule has 1 saturated heterocycles. The average molecular weight is 199 g/mol. The summed E-state index contributed by atoms with van der Waals surface area (Å²) in [6.45, 7) is 6.09. The average Bonchev–Trinajstić information content (AvgIpc) is 2.31. The molecule has 0 aliphatic carbocycles. The number of hydrogen-bond acceptors (Lipinski definition) is 3. The van der Waals surface area contributed by atoms with E-state index in [1.54, 1.807) is 0 Å². The summed E-state index contributed by atoms with van der Waals surface area (Å²) in [6.07, 6.45) is 5.23. The number of nitrogens with one attached hydrogen (secondary N) is 1. The van der Waals surface area contributed by atoms with E-state index in [4.69, 9.17) is 0 Å². The molecule has 0 spiro atoms. The smallest absolute Gasteiger partial charge is 0.0227 e. The summed E-state index contributed by atoms with van der Waals surface area (Å²) in [6, 6.07) is 0.687. The van der Waals surface area contributed by atoms with Crippen molar-refractivity contribution in [2.75, 3.05) is 33.7 Å². The van der Waals surface area contributed by atoms with E-state index in [1.165, 1.54) is 45.3 Å². The minimum absolute atomic E-state index is 0.687. The van der Waals surface area contributed by atoms with Gasteiger partial charge in [-0.3, -0.25) is 10.4 Å². The van der Waals surface area contributed by atoms with Crippen LogP contribution in [0.15, 0.2) is 0 Å². The minimum atomic E-state index is 0.687. The molecule has 1 N–H and O–H groups in total. The van der Waals surface area contributed by atoms with E-state index in [2.05, 4.69) is 36.4 Å². The molecule has 0 amide bonds. The van der Waals surface area contributed by atoms with Gasteiger partial charge in [-0.2, -0.15) is 0 Å². The van der Waals surface area contributed by atoms with Crippen molar-refractivity contribution in [2.45, 2.75) is 38.6 Å². The first-order valence-electron chi connectivity index (χ1n) is 5.88. The van der Waals surface area contributed by atoms with Crippen molar-refractivity contribution in [1.29, 1.82) is 0 Å². The lowest BCUT2D eigenvalue weighted by molar-refractivity contribution is 0.223. The zero-order valence-corrected chi connectivity index (χ0v) is 9.92. The van der Waals surface area contributed by atoms with Crippen LogP contribution in [0.5, 0.6) is 0 Å². The summed E-state index contributed by atoms with van der Waals surface area (Å²) in [5.74, 6) is 0. The molecular formula is C11H25N3. The number of hydrogen-bond donors (Lipinski definition) is 1. The lowest BCUT2D eigenvalue weighted by Gasteiger charge is -2.22. The zero-order valence-electron chi connectivity index (χ0n) is 9.92. The van der Waals surface area contributed by atoms with Crippen LogP contribution in [-0.4, -0.2) is 49.7 Å². The molecule has 0 aromatic heterocycles. The highest BCUT2D eigenvalue weighted by Gasteiger charge is 2.16. The summed E-state index contributed by atoms with van der Waals surface area (Å²) < 4.78 is 0. The van der Waals surface area contributed by atoms with Gasteiger partial charge in [0.15, 0.2) is 0 Å². The van der Waals surface area contributed by atoms with Gasteiger partial charge in [0.05, 0.1) is 0 Å². The van der Waals surface area contributed by atoms with Crippen molar-refractivity contribution in [3.63, 3.8) is 0 Å². The first-order valence-corrected chi connectivity index (χ1v) is 5.88. The van der Waals surface area contributed by atoms with Crippen LogP contribution in [-0.2, 0) is 0 Å². The topological polar surface area (TPSA) is 18.5 Å². The van der Waals surface area contributed by atoms with E-state index < -0.39 is 0 Å². The van der Waals surface area contributed by atoms with Gasteiger partial charge >= 0.3 is 0 Å². The zero-order chi connectivity index (χ0) is 10.4. The second kappa shape index (κ2) is 6.38. The first kappa shape index (κ1) is 12.0. The monoisotopic (exact) mass is 199 g/mol. The molecule has 84 valence electrons. The highest BCUT2D eigenvalue weighted by Crippen LogP contribution is 2.11. The number of rotatable bonds is 4. The second-order valence-electron chi connectivity index (χ2n) is 4.49. The highest BCUT2D eigenvalue weighted by molar-refractivity contribution is 4.73. The fraction of sp³-hybridized carbons (Fsp3) is 1.00.